The van der Waals surface area contributed by atoms with Gasteiger partial charge in [0.25, 0.3) is 5.56 Å². The second kappa shape index (κ2) is 8.29. The molecule has 7 heteroatoms. The molecule has 31 heavy (non-hydrogen) atoms. The molecule has 1 aliphatic carbocycles. The third kappa shape index (κ3) is 4.13. The maximum atomic E-state index is 13.1. The zero-order chi connectivity index (χ0) is 21.4. The van der Waals surface area contributed by atoms with Crippen LogP contribution in [0.5, 0.6) is 0 Å². The fraction of sp³-hybridized carbons (Fsp3) is 0.500. The molecule has 1 unspecified atom stereocenters. The monoisotopic (exact) mass is 420 g/mol. The van der Waals surface area contributed by atoms with Gasteiger partial charge in [-0.3, -0.25) is 14.4 Å². The number of rotatable bonds is 4. The minimum Gasteiger partial charge on any atom is -0.336 e. The number of carbonyl (C=O) groups excluding carboxylic acids is 2. The lowest BCUT2D eigenvalue weighted by Crippen LogP contribution is -2.43. The van der Waals surface area contributed by atoms with Crippen LogP contribution in [0.2, 0.25) is 0 Å². The Morgan fingerprint density at radius 2 is 1.87 bits per heavy atom. The van der Waals surface area contributed by atoms with Gasteiger partial charge in [-0.05, 0) is 44.1 Å². The summed E-state index contributed by atoms with van der Waals surface area (Å²) in [7, 11) is 0. The molecule has 7 nitrogen and oxygen atoms in total. The topological polar surface area (TPSA) is 86.4 Å². The summed E-state index contributed by atoms with van der Waals surface area (Å²) in [6, 6.07) is 9.51. The Bertz CT molecular complexity index is 1040. The highest BCUT2D eigenvalue weighted by Gasteiger charge is 2.36. The van der Waals surface area contributed by atoms with E-state index in [1.807, 2.05) is 40.1 Å². The van der Waals surface area contributed by atoms with E-state index in [0.717, 1.165) is 37.7 Å². The van der Waals surface area contributed by atoms with Gasteiger partial charge in [0.2, 0.25) is 11.8 Å². The highest BCUT2D eigenvalue weighted by molar-refractivity contribution is 5.81. The molecular formula is C24H28N4O3. The van der Waals surface area contributed by atoms with Gasteiger partial charge in [-0.15, -0.1) is 0 Å². The van der Waals surface area contributed by atoms with E-state index in [1.54, 1.807) is 0 Å². The van der Waals surface area contributed by atoms with E-state index >= 15 is 0 Å². The number of hydrogen-bond acceptors (Lipinski definition) is 4. The molecule has 3 heterocycles. The fourth-order valence-electron chi connectivity index (χ4n) is 4.78. The van der Waals surface area contributed by atoms with Gasteiger partial charge in [-0.2, -0.15) is 0 Å². The molecule has 1 aromatic carbocycles. The van der Waals surface area contributed by atoms with E-state index in [1.165, 1.54) is 0 Å². The average Bonchev–Trinajstić information content (AvgIpc) is 3.64. The Hall–Kier alpha value is -2.96. The SMILES string of the molecule is O=C(C1CC1)N1CCc2c(nc(C3CCCCN3C(=O)Cc3ccccc3)[nH]c2=O)C1. The van der Waals surface area contributed by atoms with Crippen molar-refractivity contribution in [3.05, 3.63) is 63.3 Å². The first-order valence-corrected chi connectivity index (χ1v) is 11.3. The molecule has 5 rings (SSSR count). The van der Waals surface area contributed by atoms with Crippen molar-refractivity contribution in [2.24, 2.45) is 5.92 Å². The molecule has 162 valence electrons. The van der Waals surface area contributed by atoms with Crippen LogP contribution in [-0.4, -0.2) is 44.7 Å². The number of hydrogen-bond donors (Lipinski definition) is 1. The van der Waals surface area contributed by atoms with Gasteiger partial charge in [0.05, 0.1) is 24.7 Å². The third-order valence-corrected chi connectivity index (χ3v) is 6.67. The lowest BCUT2D eigenvalue weighted by Gasteiger charge is -2.36. The standard InChI is InChI=1S/C24H28N4O3/c29-21(14-16-6-2-1-3-7-16)28-12-5-4-8-20(28)22-25-19-15-27(24(31)17-9-10-17)13-11-18(19)23(30)26-22/h1-3,6-7,17,20H,4-5,8-15H2,(H,25,26,30). The molecule has 0 radical (unpaired) electrons. The third-order valence-electron chi connectivity index (χ3n) is 6.67. The Morgan fingerprint density at radius 1 is 1.06 bits per heavy atom. The van der Waals surface area contributed by atoms with Crippen LogP contribution in [0.15, 0.2) is 35.1 Å². The lowest BCUT2D eigenvalue weighted by molar-refractivity contribution is -0.134. The van der Waals surface area contributed by atoms with Gasteiger partial charge in [0.1, 0.15) is 5.82 Å². The number of piperidine rings is 1. The first-order valence-electron chi connectivity index (χ1n) is 11.3. The van der Waals surface area contributed by atoms with E-state index in [0.29, 0.717) is 49.6 Å². The van der Waals surface area contributed by atoms with Crippen molar-refractivity contribution in [3.8, 4) is 0 Å². The number of benzene rings is 1. The molecule has 1 aromatic heterocycles. The number of nitrogens with one attached hydrogen (secondary N) is 1. The van der Waals surface area contributed by atoms with Crippen molar-refractivity contribution in [3.63, 3.8) is 0 Å². The Labute approximate surface area is 181 Å². The summed E-state index contributed by atoms with van der Waals surface area (Å²) in [6.45, 7) is 1.65. The van der Waals surface area contributed by atoms with E-state index in [9.17, 15) is 14.4 Å². The molecule has 2 amide bonds. The molecule has 0 spiro atoms. The summed E-state index contributed by atoms with van der Waals surface area (Å²) in [5.74, 6) is 0.964. The number of nitrogens with zero attached hydrogens (tertiary/aromatic N) is 3. The summed E-state index contributed by atoms with van der Waals surface area (Å²) in [4.78, 5) is 49.9. The van der Waals surface area contributed by atoms with Crippen LogP contribution in [0.3, 0.4) is 0 Å². The fourth-order valence-corrected chi connectivity index (χ4v) is 4.78. The van der Waals surface area contributed by atoms with E-state index in [-0.39, 0.29) is 29.3 Å². The van der Waals surface area contributed by atoms with Crippen molar-refractivity contribution in [1.29, 1.82) is 0 Å². The van der Waals surface area contributed by atoms with Crippen LogP contribution < -0.4 is 5.56 Å². The lowest BCUT2D eigenvalue weighted by atomic mass is 9.99. The summed E-state index contributed by atoms with van der Waals surface area (Å²) in [6.07, 6.45) is 5.55. The van der Waals surface area contributed by atoms with Crippen LogP contribution in [0, 0.1) is 5.92 Å². The average molecular weight is 421 g/mol. The number of fused-ring (bicyclic) bond motifs is 1. The van der Waals surface area contributed by atoms with Gasteiger partial charge < -0.3 is 14.8 Å². The molecule has 0 bridgehead atoms. The first-order chi connectivity index (χ1) is 15.1. The second-order valence-corrected chi connectivity index (χ2v) is 8.92. The molecule has 1 saturated heterocycles. The van der Waals surface area contributed by atoms with Crippen LogP contribution in [-0.2, 0) is 29.0 Å². The molecule has 1 atom stereocenters. The second-order valence-electron chi connectivity index (χ2n) is 8.92. The first kappa shape index (κ1) is 20.0. The largest absolute Gasteiger partial charge is 0.336 e. The Balaban J connectivity index is 1.39. The Morgan fingerprint density at radius 3 is 2.65 bits per heavy atom. The summed E-state index contributed by atoms with van der Waals surface area (Å²) in [5.41, 5.74) is 2.24. The summed E-state index contributed by atoms with van der Waals surface area (Å²) in [5, 5.41) is 0. The summed E-state index contributed by atoms with van der Waals surface area (Å²) < 4.78 is 0. The van der Waals surface area contributed by atoms with Gasteiger partial charge in [0, 0.05) is 24.6 Å². The van der Waals surface area contributed by atoms with Crippen molar-refractivity contribution >= 4 is 11.8 Å². The van der Waals surface area contributed by atoms with Crippen molar-refractivity contribution < 1.29 is 9.59 Å². The minimum absolute atomic E-state index is 0.0572. The van der Waals surface area contributed by atoms with Gasteiger partial charge in [-0.25, -0.2) is 4.98 Å². The van der Waals surface area contributed by atoms with E-state index in [2.05, 4.69) is 4.98 Å². The number of carbonyl (C=O) groups is 2. The molecule has 2 aromatic rings. The quantitative estimate of drug-likeness (QED) is 0.823. The summed E-state index contributed by atoms with van der Waals surface area (Å²) >= 11 is 0. The van der Waals surface area contributed by atoms with Crippen molar-refractivity contribution in [1.82, 2.24) is 19.8 Å². The van der Waals surface area contributed by atoms with Gasteiger partial charge in [-0.1, -0.05) is 30.3 Å². The molecule has 2 aliphatic heterocycles. The van der Waals surface area contributed by atoms with E-state index < -0.39 is 0 Å². The normalized spacial score (nSPS) is 21.0. The highest BCUT2D eigenvalue weighted by Crippen LogP contribution is 2.33. The maximum Gasteiger partial charge on any atom is 0.254 e. The number of amides is 2. The Kier molecular flexibility index (Phi) is 5.34. The molecule has 2 fully saturated rings. The molecule has 3 aliphatic rings. The van der Waals surface area contributed by atoms with Gasteiger partial charge >= 0.3 is 0 Å². The van der Waals surface area contributed by atoms with Crippen LogP contribution in [0.1, 0.15) is 60.8 Å². The minimum atomic E-state index is -0.225. The van der Waals surface area contributed by atoms with Crippen LogP contribution >= 0.6 is 0 Å². The maximum absolute atomic E-state index is 13.1. The molecular weight excluding hydrogens is 392 g/mol. The van der Waals surface area contributed by atoms with Crippen molar-refractivity contribution in [2.45, 2.75) is 57.5 Å². The predicted molar refractivity (Wildman–Crippen MR) is 115 cm³/mol. The smallest absolute Gasteiger partial charge is 0.254 e. The zero-order valence-electron chi connectivity index (χ0n) is 17.7. The zero-order valence-corrected chi connectivity index (χ0v) is 17.7. The van der Waals surface area contributed by atoms with E-state index in [4.69, 9.17) is 4.98 Å². The number of likely N-dealkylation sites (tertiary alicyclic amines) is 1. The molecule has 1 saturated carbocycles. The number of aromatic amines is 1. The number of aromatic nitrogens is 2. The predicted octanol–water partition coefficient (Wildman–Crippen LogP) is 2.36. The highest BCUT2D eigenvalue weighted by atomic mass is 16.2. The van der Waals surface area contributed by atoms with Crippen molar-refractivity contribution in [2.75, 3.05) is 13.1 Å². The van der Waals surface area contributed by atoms with Crippen LogP contribution in [0.4, 0.5) is 0 Å². The molecule has 1 N–H and O–H groups in total. The van der Waals surface area contributed by atoms with Crippen LogP contribution in [0.25, 0.3) is 0 Å². The van der Waals surface area contributed by atoms with Gasteiger partial charge in [0.15, 0.2) is 0 Å². The number of H-pyrrole nitrogens is 1.